The number of nitrogens with one attached hydrogen (secondary N) is 1. The van der Waals surface area contributed by atoms with E-state index in [0.29, 0.717) is 29.8 Å². The van der Waals surface area contributed by atoms with Crippen molar-refractivity contribution in [2.75, 3.05) is 18.4 Å². The van der Waals surface area contributed by atoms with Crippen LogP contribution in [0.5, 0.6) is 0 Å². The number of carbonyl (C=O) groups is 2. The number of rotatable bonds is 6. The van der Waals surface area contributed by atoms with E-state index in [4.69, 9.17) is 4.42 Å². The summed E-state index contributed by atoms with van der Waals surface area (Å²) >= 11 is 0. The fraction of sp³-hybridized carbons (Fsp3) is 0.348. The smallest absolute Gasteiger partial charge is 0.408 e. The molecule has 7 nitrogen and oxygen atoms in total. The number of oxazole rings is 1. The predicted octanol–water partition coefficient (Wildman–Crippen LogP) is 3.56. The number of carbonyl (C=O) groups excluding carboxylic acids is 2. The molecule has 1 N–H and O–H groups in total. The summed E-state index contributed by atoms with van der Waals surface area (Å²) < 4.78 is 6.76. The van der Waals surface area contributed by atoms with Crippen LogP contribution in [0.25, 0.3) is 11.1 Å². The van der Waals surface area contributed by atoms with E-state index in [9.17, 15) is 14.4 Å². The van der Waals surface area contributed by atoms with Gasteiger partial charge in [0.1, 0.15) is 0 Å². The fourth-order valence-corrected chi connectivity index (χ4v) is 3.93. The maximum atomic E-state index is 12.9. The van der Waals surface area contributed by atoms with Gasteiger partial charge in [-0.25, -0.2) is 4.79 Å². The predicted molar refractivity (Wildman–Crippen MR) is 115 cm³/mol. The van der Waals surface area contributed by atoms with E-state index in [-0.39, 0.29) is 18.2 Å². The van der Waals surface area contributed by atoms with Crippen LogP contribution in [0.2, 0.25) is 0 Å². The molecule has 0 unspecified atom stereocenters. The highest BCUT2D eigenvalue weighted by Crippen LogP contribution is 2.24. The van der Waals surface area contributed by atoms with Gasteiger partial charge >= 0.3 is 5.76 Å². The maximum absolute atomic E-state index is 12.9. The van der Waals surface area contributed by atoms with Gasteiger partial charge in [-0.1, -0.05) is 24.3 Å². The number of hydrogen-bond acceptors (Lipinski definition) is 4. The Morgan fingerprint density at radius 1 is 1.07 bits per heavy atom. The van der Waals surface area contributed by atoms with Crippen molar-refractivity contribution in [1.29, 1.82) is 0 Å². The van der Waals surface area contributed by atoms with Gasteiger partial charge in [0, 0.05) is 26.1 Å². The first-order chi connectivity index (χ1) is 14.5. The van der Waals surface area contributed by atoms with E-state index in [2.05, 4.69) is 5.32 Å². The van der Waals surface area contributed by atoms with Gasteiger partial charge in [0.2, 0.25) is 5.91 Å². The van der Waals surface area contributed by atoms with Gasteiger partial charge in [-0.3, -0.25) is 14.2 Å². The quantitative estimate of drug-likeness (QED) is 0.677. The first kappa shape index (κ1) is 19.9. The third-order valence-corrected chi connectivity index (χ3v) is 5.52. The molecule has 0 saturated carbocycles. The summed E-state index contributed by atoms with van der Waals surface area (Å²) in [5.41, 5.74) is 3.22. The lowest BCUT2D eigenvalue weighted by molar-refractivity contribution is -0.116. The molecule has 2 aromatic carbocycles. The first-order valence-electron chi connectivity index (χ1n) is 10.3. The number of benzene rings is 2. The van der Waals surface area contributed by atoms with E-state index >= 15 is 0 Å². The van der Waals surface area contributed by atoms with Crippen LogP contribution in [-0.4, -0.2) is 34.4 Å². The SMILES string of the molecule is Cc1cccc(C(=O)N2CCCC2)c1NC(=O)CCCn1c(=O)oc2ccccc21. The van der Waals surface area contributed by atoms with Crippen LogP contribution >= 0.6 is 0 Å². The van der Waals surface area contributed by atoms with Crippen LogP contribution in [0.4, 0.5) is 5.69 Å². The molecule has 1 aliphatic heterocycles. The number of hydrogen-bond donors (Lipinski definition) is 1. The van der Waals surface area contributed by atoms with Gasteiger partial charge in [0.15, 0.2) is 5.58 Å². The number of para-hydroxylation sites is 3. The number of aryl methyl sites for hydroxylation is 2. The van der Waals surface area contributed by atoms with Gasteiger partial charge in [-0.15, -0.1) is 0 Å². The zero-order valence-corrected chi connectivity index (χ0v) is 17.0. The summed E-state index contributed by atoms with van der Waals surface area (Å²) in [6, 6.07) is 12.7. The van der Waals surface area contributed by atoms with Crippen LogP contribution in [0.1, 0.15) is 41.6 Å². The number of fused-ring (bicyclic) bond motifs is 1. The third kappa shape index (κ3) is 4.01. The molecule has 0 aliphatic carbocycles. The number of likely N-dealkylation sites (tertiary alicyclic amines) is 1. The lowest BCUT2D eigenvalue weighted by Gasteiger charge is -2.19. The van der Waals surface area contributed by atoms with Crippen molar-refractivity contribution < 1.29 is 14.0 Å². The molecule has 0 spiro atoms. The Balaban J connectivity index is 1.42. The van der Waals surface area contributed by atoms with Gasteiger partial charge in [0.05, 0.1) is 16.8 Å². The van der Waals surface area contributed by atoms with E-state index in [1.807, 2.05) is 42.2 Å². The second kappa shape index (κ2) is 8.57. The topological polar surface area (TPSA) is 84.5 Å². The minimum absolute atomic E-state index is 0.0390. The lowest BCUT2D eigenvalue weighted by atomic mass is 10.1. The second-order valence-electron chi connectivity index (χ2n) is 7.64. The molecule has 156 valence electrons. The molecule has 1 aromatic heterocycles. The average Bonchev–Trinajstić information content (AvgIpc) is 3.37. The summed E-state index contributed by atoms with van der Waals surface area (Å²) in [6.45, 7) is 3.78. The van der Waals surface area contributed by atoms with E-state index in [1.165, 1.54) is 0 Å². The van der Waals surface area contributed by atoms with Crippen LogP contribution < -0.4 is 11.1 Å². The van der Waals surface area contributed by atoms with E-state index in [1.54, 1.807) is 16.7 Å². The standard InChI is InChI=1S/C23H25N3O4/c1-16-8-6-9-17(22(28)25-13-4-5-14-25)21(16)24-20(27)12-7-15-26-18-10-2-3-11-19(18)30-23(26)29/h2-3,6,8-11H,4-5,7,12-15H2,1H3,(H,24,27). The summed E-state index contributed by atoms with van der Waals surface area (Å²) in [5, 5.41) is 2.92. The molecular formula is C23H25N3O4. The highest BCUT2D eigenvalue weighted by atomic mass is 16.4. The largest absolute Gasteiger partial charge is 0.419 e. The lowest BCUT2D eigenvalue weighted by Crippen LogP contribution is -2.29. The van der Waals surface area contributed by atoms with Crippen molar-refractivity contribution in [2.24, 2.45) is 0 Å². The number of aromatic nitrogens is 1. The molecule has 0 atom stereocenters. The molecule has 7 heteroatoms. The van der Waals surface area contributed by atoms with Gasteiger partial charge < -0.3 is 14.6 Å². The summed E-state index contributed by atoms with van der Waals surface area (Å²) in [6.07, 6.45) is 2.75. The number of amides is 2. The molecule has 0 bridgehead atoms. The Morgan fingerprint density at radius 3 is 2.63 bits per heavy atom. The zero-order valence-electron chi connectivity index (χ0n) is 17.0. The molecule has 4 rings (SSSR count). The molecule has 1 fully saturated rings. The van der Waals surface area contributed by atoms with Crippen LogP contribution in [-0.2, 0) is 11.3 Å². The first-order valence-corrected chi connectivity index (χ1v) is 10.3. The summed E-state index contributed by atoms with van der Waals surface area (Å²) in [7, 11) is 0. The molecule has 1 aliphatic rings. The average molecular weight is 407 g/mol. The minimum Gasteiger partial charge on any atom is -0.408 e. The van der Waals surface area contributed by atoms with Gasteiger partial charge in [0.25, 0.3) is 5.91 Å². The van der Waals surface area contributed by atoms with Crippen LogP contribution in [0, 0.1) is 6.92 Å². The maximum Gasteiger partial charge on any atom is 0.419 e. The van der Waals surface area contributed by atoms with Crippen molar-refractivity contribution in [1.82, 2.24) is 9.47 Å². The van der Waals surface area contributed by atoms with Gasteiger partial charge in [-0.05, 0) is 49.9 Å². The minimum atomic E-state index is -0.422. The summed E-state index contributed by atoms with van der Waals surface area (Å²) in [5.74, 6) is -0.641. The highest BCUT2D eigenvalue weighted by molar-refractivity contribution is 6.04. The van der Waals surface area contributed by atoms with Gasteiger partial charge in [-0.2, -0.15) is 0 Å². The Labute approximate surface area is 174 Å². The highest BCUT2D eigenvalue weighted by Gasteiger charge is 2.23. The van der Waals surface area contributed by atoms with Crippen molar-refractivity contribution >= 4 is 28.6 Å². The van der Waals surface area contributed by atoms with E-state index in [0.717, 1.165) is 37.0 Å². The molecule has 30 heavy (non-hydrogen) atoms. The molecule has 2 amide bonds. The van der Waals surface area contributed by atoms with Crippen molar-refractivity contribution in [3.8, 4) is 0 Å². The Hall–Kier alpha value is -3.35. The normalized spacial score (nSPS) is 13.7. The Kier molecular flexibility index (Phi) is 5.70. The molecule has 0 radical (unpaired) electrons. The third-order valence-electron chi connectivity index (χ3n) is 5.52. The van der Waals surface area contributed by atoms with Crippen LogP contribution in [0.15, 0.2) is 51.7 Å². The van der Waals surface area contributed by atoms with Crippen molar-refractivity contribution in [3.63, 3.8) is 0 Å². The Morgan fingerprint density at radius 2 is 1.83 bits per heavy atom. The second-order valence-corrected chi connectivity index (χ2v) is 7.64. The fourth-order valence-electron chi connectivity index (χ4n) is 3.93. The molecule has 1 saturated heterocycles. The number of anilines is 1. The Bertz CT molecular complexity index is 1140. The molecule has 3 aromatic rings. The van der Waals surface area contributed by atoms with E-state index < -0.39 is 5.76 Å². The monoisotopic (exact) mass is 407 g/mol. The molecular weight excluding hydrogens is 382 g/mol. The zero-order chi connectivity index (χ0) is 21.1. The number of nitrogens with zero attached hydrogens (tertiary/aromatic N) is 2. The van der Waals surface area contributed by atoms with Crippen molar-refractivity contribution in [2.45, 2.75) is 39.2 Å². The molecule has 2 heterocycles. The summed E-state index contributed by atoms with van der Waals surface area (Å²) in [4.78, 5) is 39.3. The van der Waals surface area contributed by atoms with Crippen LogP contribution in [0.3, 0.4) is 0 Å². The van der Waals surface area contributed by atoms with Crippen molar-refractivity contribution in [3.05, 3.63) is 64.1 Å².